The van der Waals surface area contributed by atoms with Crippen LogP contribution in [0.5, 0.6) is 28.9 Å². The van der Waals surface area contributed by atoms with Gasteiger partial charge in [-0.25, -0.2) is 9.37 Å². The predicted molar refractivity (Wildman–Crippen MR) is 165 cm³/mol. The number of aromatic hydroxyl groups is 1. The largest absolute Gasteiger partial charge is 0.504 e. The maximum Gasteiger partial charge on any atom is 0.308 e. The van der Waals surface area contributed by atoms with Gasteiger partial charge in [-0.05, 0) is 76.1 Å². The summed E-state index contributed by atoms with van der Waals surface area (Å²) in [5.41, 5.74) is 7.21. The fourth-order valence-electron chi connectivity index (χ4n) is 5.60. The van der Waals surface area contributed by atoms with Crippen LogP contribution in [0.2, 0.25) is 0 Å². The quantitative estimate of drug-likeness (QED) is 0.151. The fraction of sp³-hybridized carbons (Fsp3) is 0.375. The summed E-state index contributed by atoms with van der Waals surface area (Å²) in [6, 6.07) is 9.42. The van der Waals surface area contributed by atoms with Crippen LogP contribution < -0.4 is 20.1 Å². The lowest BCUT2D eigenvalue weighted by atomic mass is 9.85. The number of anilines is 1. The zero-order chi connectivity index (χ0) is 32.2. The molecule has 3 aromatic rings. The van der Waals surface area contributed by atoms with Crippen LogP contribution in [0.25, 0.3) is 0 Å². The van der Waals surface area contributed by atoms with Crippen molar-refractivity contribution in [2.75, 3.05) is 32.1 Å². The average Bonchev–Trinajstić information content (AvgIpc) is 3.46. The topological polar surface area (TPSA) is 147 Å². The van der Waals surface area contributed by atoms with Gasteiger partial charge in [0.2, 0.25) is 11.6 Å². The summed E-state index contributed by atoms with van der Waals surface area (Å²) in [6.07, 6.45) is 5.17. The molecule has 1 aliphatic heterocycles. The first kappa shape index (κ1) is 31.6. The minimum Gasteiger partial charge on any atom is -0.504 e. The van der Waals surface area contributed by atoms with E-state index in [0.717, 1.165) is 37.6 Å². The van der Waals surface area contributed by atoms with E-state index < -0.39 is 29.4 Å². The Bertz CT molecular complexity index is 1610. The molecule has 1 atom stereocenters. The standard InChI is InChI=1S/C32H36F2N6O5/c1-4-43-32(42)18-5-8-20(9-6-18)40(3)21-10-12-25(22(16-21)30-37-13-14-39(30)2)44-28-23(33)17-38-31(27(28)34)45-26-15-19(29(35)36)7-11-24(26)41/h7,10-13,15-18,20,30,41H,4-6,8-9,14H2,1-3H3,(H3,35,36). The number of amidine groups is 1. The number of ether oxygens (including phenoxy) is 3. The van der Waals surface area contributed by atoms with Crippen molar-refractivity contribution >= 4 is 23.7 Å². The minimum absolute atomic E-state index is 0.0940. The van der Waals surface area contributed by atoms with Gasteiger partial charge in [-0.2, -0.15) is 4.39 Å². The van der Waals surface area contributed by atoms with Gasteiger partial charge in [-0.3, -0.25) is 20.1 Å². The van der Waals surface area contributed by atoms with Crippen molar-refractivity contribution in [2.24, 2.45) is 16.6 Å². The highest BCUT2D eigenvalue weighted by molar-refractivity contribution is 5.95. The second-order valence-electron chi connectivity index (χ2n) is 11.1. The number of phenolic OH excluding ortho intramolecular Hbond substituents is 1. The Balaban J connectivity index is 1.42. The number of nitrogens with two attached hydrogens (primary N) is 1. The molecule has 0 radical (unpaired) electrons. The third-order valence-corrected chi connectivity index (χ3v) is 8.17. The molecule has 2 aromatic carbocycles. The predicted octanol–water partition coefficient (Wildman–Crippen LogP) is 5.51. The number of carbonyl (C=O) groups is 1. The lowest BCUT2D eigenvalue weighted by molar-refractivity contribution is -0.149. The third kappa shape index (κ3) is 6.83. The third-order valence-electron chi connectivity index (χ3n) is 8.17. The number of esters is 1. The Morgan fingerprint density at radius 3 is 2.56 bits per heavy atom. The molecule has 1 saturated carbocycles. The highest BCUT2D eigenvalue weighted by Gasteiger charge is 2.31. The number of halogens is 2. The number of hydrogen-bond acceptors (Lipinski definition) is 10. The molecule has 4 N–H and O–H groups in total. The highest BCUT2D eigenvalue weighted by atomic mass is 19.1. The number of aliphatic imine (C=N–C) groups is 1. The van der Waals surface area contributed by atoms with Crippen molar-refractivity contribution in [3.8, 4) is 28.9 Å². The summed E-state index contributed by atoms with van der Waals surface area (Å²) in [4.78, 5) is 24.6. The number of nitrogen functional groups attached to an aromatic ring is 1. The summed E-state index contributed by atoms with van der Waals surface area (Å²) in [7, 11) is 3.87. The van der Waals surface area contributed by atoms with Crippen molar-refractivity contribution in [1.82, 2.24) is 9.88 Å². The molecule has 0 spiro atoms. The number of pyridine rings is 1. The number of nitrogens with one attached hydrogen (secondary N) is 1. The number of aromatic nitrogens is 1. The van der Waals surface area contributed by atoms with Crippen molar-refractivity contribution in [1.29, 1.82) is 5.41 Å². The van der Waals surface area contributed by atoms with Crippen molar-refractivity contribution in [2.45, 2.75) is 44.8 Å². The average molecular weight is 623 g/mol. The Morgan fingerprint density at radius 2 is 1.89 bits per heavy atom. The number of nitrogens with zero attached hydrogens (tertiary/aromatic N) is 4. The zero-order valence-electron chi connectivity index (χ0n) is 25.3. The van der Waals surface area contributed by atoms with Gasteiger partial charge in [0, 0.05) is 42.7 Å². The molecule has 11 nitrogen and oxygen atoms in total. The maximum absolute atomic E-state index is 15.7. The van der Waals surface area contributed by atoms with Crippen LogP contribution in [0.15, 0.2) is 47.6 Å². The van der Waals surface area contributed by atoms with E-state index in [1.165, 1.54) is 18.2 Å². The molecular formula is C32H36F2N6O5. The smallest absolute Gasteiger partial charge is 0.308 e. The molecule has 1 aromatic heterocycles. The molecule has 0 saturated heterocycles. The summed E-state index contributed by atoms with van der Waals surface area (Å²) in [5, 5.41) is 17.8. The van der Waals surface area contributed by atoms with Gasteiger partial charge in [-0.15, -0.1) is 0 Å². The number of hydrogen-bond donors (Lipinski definition) is 3. The fourth-order valence-corrected chi connectivity index (χ4v) is 5.60. The lowest BCUT2D eigenvalue weighted by Crippen LogP contribution is -2.37. The van der Waals surface area contributed by atoms with E-state index in [1.54, 1.807) is 19.2 Å². The molecule has 1 aliphatic carbocycles. The SMILES string of the molecule is CCOC(=O)C1CCC(N(C)c2ccc(Oc3c(F)cnc(Oc4cc(C(=N)N)ccc4O)c3F)c(C3N=CCN3C)c2)CC1. The molecule has 5 rings (SSSR count). The van der Waals surface area contributed by atoms with E-state index in [2.05, 4.69) is 14.9 Å². The van der Waals surface area contributed by atoms with Gasteiger partial charge in [-0.1, -0.05) is 0 Å². The monoisotopic (exact) mass is 622 g/mol. The number of rotatable bonds is 10. The van der Waals surface area contributed by atoms with Crippen molar-refractivity contribution in [3.05, 3.63) is 65.4 Å². The van der Waals surface area contributed by atoms with E-state index in [4.69, 9.17) is 25.4 Å². The zero-order valence-corrected chi connectivity index (χ0v) is 25.3. The van der Waals surface area contributed by atoms with Crippen molar-refractivity contribution < 1.29 is 32.9 Å². The number of carbonyl (C=O) groups excluding carboxylic acids is 1. The first-order valence-electron chi connectivity index (χ1n) is 14.7. The van der Waals surface area contributed by atoms with Gasteiger partial charge < -0.3 is 30.0 Å². The summed E-state index contributed by atoms with van der Waals surface area (Å²) >= 11 is 0. The van der Waals surface area contributed by atoms with Crippen LogP contribution in [0.3, 0.4) is 0 Å². The first-order valence-corrected chi connectivity index (χ1v) is 14.7. The van der Waals surface area contributed by atoms with Gasteiger partial charge in [0.05, 0.1) is 18.7 Å². The molecule has 0 amide bonds. The molecule has 13 heteroatoms. The Morgan fingerprint density at radius 1 is 1.13 bits per heavy atom. The van der Waals surface area contributed by atoms with Gasteiger partial charge in [0.25, 0.3) is 5.88 Å². The number of benzene rings is 2. The molecule has 45 heavy (non-hydrogen) atoms. The molecule has 238 valence electrons. The Hall–Kier alpha value is -4.78. The summed E-state index contributed by atoms with van der Waals surface area (Å²) in [5.74, 6) is -4.59. The van der Waals surface area contributed by atoms with E-state index in [-0.39, 0.29) is 46.6 Å². The van der Waals surface area contributed by atoms with Gasteiger partial charge in [0.1, 0.15) is 17.8 Å². The Labute approximate surface area is 259 Å². The van der Waals surface area contributed by atoms with Crippen LogP contribution in [-0.4, -0.2) is 66.3 Å². The molecular weight excluding hydrogens is 586 g/mol. The van der Waals surface area contributed by atoms with Crippen LogP contribution in [0, 0.1) is 23.0 Å². The van der Waals surface area contributed by atoms with Crippen LogP contribution in [-0.2, 0) is 9.53 Å². The Kier molecular flexibility index (Phi) is 9.47. The molecule has 1 fully saturated rings. The minimum atomic E-state index is -1.23. The molecule has 2 heterocycles. The van der Waals surface area contributed by atoms with E-state index in [1.807, 2.05) is 31.1 Å². The molecule has 1 unspecified atom stereocenters. The first-order chi connectivity index (χ1) is 21.6. The van der Waals surface area contributed by atoms with Gasteiger partial charge in [0.15, 0.2) is 17.3 Å². The lowest BCUT2D eigenvalue weighted by Gasteiger charge is -2.36. The van der Waals surface area contributed by atoms with E-state index >= 15 is 8.78 Å². The van der Waals surface area contributed by atoms with Crippen LogP contribution >= 0.6 is 0 Å². The second-order valence-corrected chi connectivity index (χ2v) is 11.1. The van der Waals surface area contributed by atoms with E-state index in [9.17, 15) is 9.90 Å². The van der Waals surface area contributed by atoms with E-state index in [0.29, 0.717) is 18.7 Å². The van der Waals surface area contributed by atoms with Crippen molar-refractivity contribution in [3.63, 3.8) is 0 Å². The molecule has 0 bridgehead atoms. The number of phenols is 1. The van der Waals surface area contributed by atoms with Gasteiger partial charge >= 0.3 is 5.97 Å². The summed E-state index contributed by atoms with van der Waals surface area (Å²) in [6.45, 7) is 2.76. The molecule has 2 aliphatic rings. The summed E-state index contributed by atoms with van der Waals surface area (Å²) < 4.78 is 47.3. The normalized spacial score (nSPS) is 19.7. The highest BCUT2D eigenvalue weighted by Crippen LogP contribution is 2.41. The van der Waals surface area contributed by atoms with Crippen LogP contribution in [0.1, 0.15) is 49.9 Å². The second kappa shape index (κ2) is 13.5. The van der Waals surface area contributed by atoms with Crippen LogP contribution in [0.4, 0.5) is 14.5 Å². The maximum atomic E-state index is 15.7.